The largest absolute Gasteiger partial charge is 0.460 e. The van der Waals surface area contributed by atoms with Gasteiger partial charge in [0.15, 0.2) is 0 Å². The van der Waals surface area contributed by atoms with E-state index in [1.54, 1.807) is 14.2 Å². The standard InChI is InChI=1S/C18H27NO5/c1-21-9-11-23-16-7-8-19-17(13-16)14-3-5-15(6-4-14)18(20)24-12-10-22-2/h3-6,16-17,19H,7-13H2,1-2H3/t16-,17-/m0/s1. The van der Waals surface area contributed by atoms with E-state index in [1.165, 1.54) is 0 Å². The number of carbonyl (C=O) groups excluding carboxylic acids is 1. The minimum absolute atomic E-state index is 0.241. The van der Waals surface area contributed by atoms with E-state index in [4.69, 9.17) is 18.9 Å². The van der Waals surface area contributed by atoms with E-state index in [-0.39, 0.29) is 24.7 Å². The molecule has 0 saturated carbocycles. The number of nitrogens with one attached hydrogen (secondary N) is 1. The van der Waals surface area contributed by atoms with Crippen LogP contribution in [-0.2, 0) is 18.9 Å². The minimum Gasteiger partial charge on any atom is -0.460 e. The lowest BCUT2D eigenvalue weighted by atomic mass is 9.95. The molecule has 0 unspecified atom stereocenters. The highest BCUT2D eigenvalue weighted by Gasteiger charge is 2.23. The zero-order chi connectivity index (χ0) is 17.2. The van der Waals surface area contributed by atoms with Crippen LogP contribution in [0.15, 0.2) is 24.3 Å². The lowest BCUT2D eigenvalue weighted by Crippen LogP contribution is -2.36. The molecule has 0 aromatic heterocycles. The number of piperidine rings is 1. The van der Waals surface area contributed by atoms with Crippen molar-refractivity contribution in [2.45, 2.75) is 25.0 Å². The summed E-state index contributed by atoms with van der Waals surface area (Å²) in [6.07, 6.45) is 2.16. The first kappa shape index (κ1) is 18.9. The van der Waals surface area contributed by atoms with Crippen molar-refractivity contribution < 1.29 is 23.7 Å². The molecule has 1 heterocycles. The fourth-order valence-electron chi connectivity index (χ4n) is 2.74. The number of hydrogen-bond acceptors (Lipinski definition) is 6. The van der Waals surface area contributed by atoms with Crippen molar-refractivity contribution in [3.63, 3.8) is 0 Å². The summed E-state index contributed by atoms with van der Waals surface area (Å²) in [6.45, 7) is 2.83. The average molecular weight is 337 g/mol. The molecule has 1 saturated heterocycles. The molecule has 0 aliphatic carbocycles. The van der Waals surface area contributed by atoms with Gasteiger partial charge in [-0.05, 0) is 37.1 Å². The zero-order valence-electron chi connectivity index (χ0n) is 14.5. The molecule has 1 N–H and O–H groups in total. The maximum atomic E-state index is 11.9. The molecule has 2 rings (SSSR count). The Bertz CT molecular complexity index is 491. The van der Waals surface area contributed by atoms with Gasteiger partial charge in [-0.2, -0.15) is 0 Å². The Morgan fingerprint density at radius 1 is 1.08 bits per heavy atom. The summed E-state index contributed by atoms with van der Waals surface area (Å²) in [6, 6.07) is 7.80. The fraction of sp³-hybridized carbons (Fsp3) is 0.611. The first-order chi connectivity index (χ1) is 11.7. The molecule has 0 radical (unpaired) electrons. The van der Waals surface area contributed by atoms with Gasteiger partial charge >= 0.3 is 5.97 Å². The number of carbonyl (C=O) groups is 1. The summed E-state index contributed by atoms with van der Waals surface area (Å²) < 4.78 is 20.8. The van der Waals surface area contributed by atoms with Crippen LogP contribution in [0.25, 0.3) is 0 Å². The summed E-state index contributed by atoms with van der Waals surface area (Å²) in [7, 11) is 3.25. The molecule has 2 atom stereocenters. The van der Waals surface area contributed by atoms with Crippen LogP contribution in [0.3, 0.4) is 0 Å². The minimum atomic E-state index is -0.323. The van der Waals surface area contributed by atoms with E-state index in [9.17, 15) is 4.79 Å². The Balaban J connectivity index is 1.86. The second kappa shape index (κ2) is 10.4. The average Bonchev–Trinajstić information content (AvgIpc) is 2.62. The van der Waals surface area contributed by atoms with E-state index in [0.717, 1.165) is 24.9 Å². The van der Waals surface area contributed by atoms with Crippen LogP contribution >= 0.6 is 0 Å². The maximum absolute atomic E-state index is 11.9. The number of hydrogen-bond donors (Lipinski definition) is 1. The SMILES string of the molecule is COCCOC(=O)c1ccc([C@@H]2C[C@@H](OCCOC)CCN2)cc1. The van der Waals surface area contributed by atoms with Crippen LogP contribution in [0.2, 0.25) is 0 Å². The quantitative estimate of drug-likeness (QED) is 0.549. The van der Waals surface area contributed by atoms with Gasteiger partial charge < -0.3 is 24.3 Å². The van der Waals surface area contributed by atoms with Gasteiger partial charge in [-0.15, -0.1) is 0 Å². The smallest absolute Gasteiger partial charge is 0.338 e. The van der Waals surface area contributed by atoms with Gasteiger partial charge in [0.05, 0.1) is 31.5 Å². The second-order valence-electron chi connectivity index (χ2n) is 5.77. The van der Waals surface area contributed by atoms with Gasteiger partial charge in [0.2, 0.25) is 0 Å². The molecule has 134 valence electrons. The summed E-state index contributed by atoms with van der Waals surface area (Å²) >= 11 is 0. The highest BCUT2D eigenvalue weighted by atomic mass is 16.6. The Morgan fingerprint density at radius 2 is 1.79 bits per heavy atom. The fourth-order valence-corrected chi connectivity index (χ4v) is 2.74. The normalized spacial score (nSPS) is 20.8. The molecular formula is C18H27NO5. The summed E-state index contributed by atoms with van der Waals surface area (Å²) in [5.41, 5.74) is 1.71. The molecule has 1 aliphatic heterocycles. The van der Waals surface area contributed by atoms with Gasteiger partial charge in [0.1, 0.15) is 6.61 Å². The van der Waals surface area contributed by atoms with Crippen LogP contribution in [0.4, 0.5) is 0 Å². The molecule has 24 heavy (non-hydrogen) atoms. The van der Waals surface area contributed by atoms with Crippen molar-refractivity contribution in [1.82, 2.24) is 5.32 Å². The lowest BCUT2D eigenvalue weighted by molar-refractivity contribution is -0.00487. The molecule has 1 aromatic carbocycles. The Kier molecular flexibility index (Phi) is 8.18. The van der Waals surface area contributed by atoms with Crippen molar-refractivity contribution in [2.75, 3.05) is 47.2 Å². The van der Waals surface area contributed by atoms with E-state index >= 15 is 0 Å². The van der Waals surface area contributed by atoms with E-state index < -0.39 is 0 Å². The first-order valence-corrected chi connectivity index (χ1v) is 8.34. The van der Waals surface area contributed by atoms with E-state index in [2.05, 4.69) is 5.32 Å². The number of benzene rings is 1. The molecule has 0 amide bonds. The highest BCUT2D eigenvalue weighted by molar-refractivity contribution is 5.89. The van der Waals surface area contributed by atoms with E-state index in [1.807, 2.05) is 24.3 Å². The van der Waals surface area contributed by atoms with Gasteiger partial charge in [-0.25, -0.2) is 4.79 Å². The molecule has 1 aromatic rings. The van der Waals surface area contributed by atoms with Crippen molar-refractivity contribution in [2.24, 2.45) is 0 Å². The zero-order valence-corrected chi connectivity index (χ0v) is 14.5. The monoisotopic (exact) mass is 337 g/mol. The molecular weight excluding hydrogens is 310 g/mol. The summed E-state index contributed by atoms with van der Waals surface area (Å²) in [5.74, 6) is -0.323. The third kappa shape index (κ3) is 5.87. The first-order valence-electron chi connectivity index (χ1n) is 8.34. The van der Waals surface area contributed by atoms with Crippen LogP contribution in [0.1, 0.15) is 34.8 Å². The third-order valence-electron chi connectivity index (χ3n) is 4.07. The van der Waals surface area contributed by atoms with Crippen LogP contribution in [-0.4, -0.2) is 59.3 Å². The van der Waals surface area contributed by atoms with Gasteiger partial charge in [0, 0.05) is 20.3 Å². The highest BCUT2D eigenvalue weighted by Crippen LogP contribution is 2.25. The molecule has 1 aliphatic rings. The van der Waals surface area contributed by atoms with Crippen molar-refractivity contribution in [3.05, 3.63) is 35.4 Å². The predicted octanol–water partition coefficient (Wildman–Crippen LogP) is 1.95. The number of methoxy groups -OCH3 is 2. The number of esters is 1. The van der Waals surface area contributed by atoms with Crippen molar-refractivity contribution >= 4 is 5.97 Å². The Morgan fingerprint density at radius 3 is 2.50 bits per heavy atom. The van der Waals surface area contributed by atoms with Crippen LogP contribution in [0.5, 0.6) is 0 Å². The van der Waals surface area contributed by atoms with Gasteiger partial charge in [0.25, 0.3) is 0 Å². The predicted molar refractivity (Wildman–Crippen MR) is 90.2 cm³/mol. The Hall–Kier alpha value is -1.47. The Labute approximate surface area is 143 Å². The summed E-state index contributed by atoms with van der Waals surface area (Å²) in [5, 5.41) is 3.50. The molecule has 0 bridgehead atoms. The topological polar surface area (TPSA) is 66.0 Å². The van der Waals surface area contributed by atoms with Crippen molar-refractivity contribution in [3.8, 4) is 0 Å². The summed E-state index contributed by atoms with van der Waals surface area (Å²) in [4.78, 5) is 11.9. The number of ether oxygens (including phenoxy) is 4. The molecule has 0 spiro atoms. The lowest BCUT2D eigenvalue weighted by Gasteiger charge is -2.30. The van der Waals surface area contributed by atoms with Crippen molar-refractivity contribution in [1.29, 1.82) is 0 Å². The van der Waals surface area contributed by atoms with Gasteiger partial charge in [-0.1, -0.05) is 12.1 Å². The molecule has 6 nitrogen and oxygen atoms in total. The second-order valence-corrected chi connectivity index (χ2v) is 5.77. The van der Waals surface area contributed by atoms with Gasteiger partial charge in [-0.3, -0.25) is 0 Å². The number of rotatable bonds is 9. The maximum Gasteiger partial charge on any atom is 0.338 e. The molecule has 1 fully saturated rings. The molecule has 6 heteroatoms. The third-order valence-corrected chi connectivity index (χ3v) is 4.07. The van der Waals surface area contributed by atoms with Crippen LogP contribution in [0, 0.1) is 0 Å². The van der Waals surface area contributed by atoms with Crippen LogP contribution < -0.4 is 5.32 Å². The van der Waals surface area contributed by atoms with E-state index in [0.29, 0.717) is 25.4 Å².